The lowest BCUT2D eigenvalue weighted by Gasteiger charge is -2.21. The van der Waals surface area contributed by atoms with E-state index in [9.17, 15) is 9.59 Å². The zero-order valence-electron chi connectivity index (χ0n) is 9.06. The number of hydrogen-bond acceptors (Lipinski definition) is 4. The van der Waals surface area contributed by atoms with Gasteiger partial charge in [0.05, 0.1) is 5.92 Å². The lowest BCUT2D eigenvalue weighted by molar-refractivity contribution is -0.156. The van der Waals surface area contributed by atoms with Gasteiger partial charge in [-0.15, -0.1) is 0 Å². The van der Waals surface area contributed by atoms with E-state index in [0.717, 1.165) is 0 Å². The normalized spacial score (nSPS) is 25.3. The number of aliphatic imine (C=N–C) groups is 1. The maximum absolute atomic E-state index is 11.5. The second-order valence-corrected chi connectivity index (χ2v) is 4.53. The number of carbonyl (C=O) groups is 2. The predicted molar refractivity (Wildman–Crippen MR) is 53.9 cm³/mol. The Hall–Kier alpha value is -1.39. The van der Waals surface area contributed by atoms with Gasteiger partial charge in [0.2, 0.25) is 0 Å². The van der Waals surface area contributed by atoms with Gasteiger partial charge >= 0.3 is 11.9 Å². The van der Waals surface area contributed by atoms with Gasteiger partial charge in [-0.25, -0.2) is 4.79 Å². The number of aliphatic carboxylic acids is 1. The maximum atomic E-state index is 11.5. The van der Waals surface area contributed by atoms with Crippen LogP contribution in [0.5, 0.6) is 0 Å². The summed E-state index contributed by atoms with van der Waals surface area (Å²) in [5.41, 5.74) is -0.562. The number of carboxylic acid groups (broad SMARTS) is 1. The Bertz CT molecular complexity index is 303. The molecule has 2 atom stereocenters. The van der Waals surface area contributed by atoms with Gasteiger partial charge in [0.1, 0.15) is 11.6 Å². The molecule has 0 amide bonds. The van der Waals surface area contributed by atoms with Crippen LogP contribution in [0.1, 0.15) is 27.2 Å². The Morgan fingerprint density at radius 3 is 2.47 bits per heavy atom. The highest BCUT2D eigenvalue weighted by atomic mass is 16.6. The van der Waals surface area contributed by atoms with Gasteiger partial charge in [-0.1, -0.05) is 0 Å². The van der Waals surface area contributed by atoms with Crippen molar-refractivity contribution < 1.29 is 19.4 Å². The highest BCUT2D eigenvalue weighted by Crippen LogP contribution is 2.19. The zero-order chi connectivity index (χ0) is 11.6. The maximum Gasteiger partial charge on any atom is 0.331 e. The average Bonchev–Trinajstić information content (AvgIpc) is 2.47. The van der Waals surface area contributed by atoms with E-state index < -0.39 is 29.5 Å². The first-order valence-electron chi connectivity index (χ1n) is 4.78. The summed E-state index contributed by atoms with van der Waals surface area (Å²) in [5, 5.41) is 8.70. The van der Waals surface area contributed by atoms with Gasteiger partial charge in [0.25, 0.3) is 0 Å². The van der Waals surface area contributed by atoms with Crippen molar-refractivity contribution in [1.82, 2.24) is 0 Å². The molecule has 15 heavy (non-hydrogen) atoms. The van der Waals surface area contributed by atoms with Crippen molar-refractivity contribution >= 4 is 18.2 Å². The molecule has 1 aliphatic rings. The molecule has 2 unspecified atom stereocenters. The summed E-state index contributed by atoms with van der Waals surface area (Å²) in [4.78, 5) is 26.0. The SMILES string of the molecule is CC(C)(C)OC(=O)C1CC(C(=O)O)C=N1. The molecule has 1 aliphatic heterocycles. The standard InChI is InChI=1S/C10H15NO4/c1-10(2,3)15-9(14)7-4-6(5-11-7)8(12)13/h5-7H,4H2,1-3H3,(H,12,13). The van der Waals surface area contributed by atoms with Crippen molar-refractivity contribution in [3.8, 4) is 0 Å². The summed E-state index contributed by atoms with van der Waals surface area (Å²) in [6.07, 6.45) is 1.50. The van der Waals surface area contributed by atoms with Crippen LogP contribution in [0.25, 0.3) is 0 Å². The molecule has 0 aliphatic carbocycles. The Balaban J connectivity index is 2.52. The predicted octanol–water partition coefficient (Wildman–Crippen LogP) is 0.872. The van der Waals surface area contributed by atoms with Crippen molar-refractivity contribution in [3.63, 3.8) is 0 Å². The fourth-order valence-corrected chi connectivity index (χ4v) is 1.26. The van der Waals surface area contributed by atoms with Crippen LogP contribution in [-0.2, 0) is 14.3 Å². The molecule has 1 N–H and O–H groups in total. The van der Waals surface area contributed by atoms with E-state index in [1.807, 2.05) is 0 Å². The first-order chi connectivity index (χ1) is 6.79. The first kappa shape index (κ1) is 11.7. The Morgan fingerprint density at radius 2 is 2.07 bits per heavy atom. The number of hydrogen-bond donors (Lipinski definition) is 1. The van der Waals surface area contributed by atoms with Crippen LogP contribution in [-0.4, -0.2) is 34.9 Å². The number of esters is 1. The van der Waals surface area contributed by atoms with Crippen molar-refractivity contribution in [2.24, 2.45) is 10.9 Å². The van der Waals surface area contributed by atoms with Crippen molar-refractivity contribution in [1.29, 1.82) is 0 Å². The molecular formula is C10H15NO4. The molecule has 0 saturated carbocycles. The molecule has 0 spiro atoms. The van der Waals surface area contributed by atoms with Gasteiger partial charge in [0.15, 0.2) is 0 Å². The van der Waals surface area contributed by atoms with E-state index >= 15 is 0 Å². The smallest absolute Gasteiger partial charge is 0.331 e. The summed E-state index contributed by atoms with van der Waals surface area (Å²) >= 11 is 0. The fourth-order valence-electron chi connectivity index (χ4n) is 1.26. The molecule has 1 rings (SSSR count). The summed E-state index contributed by atoms with van der Waals surface area (Å²) in [5.74, 6) is -2.07. The lowest BCUT2D eigenvalue weighted by Crippen LogP contribution is -2.30. The van der Waals surface area contributed by atoms with Gasteiger partial charge < -0.3 is 9.84 Å². The molecule has 0 bridgehead atoms. The van der Waals surface area contributed by atoms with E-state index in [1.54, 1.807) is 20.8 Å². The van der Waals surface area contributed by atoms with Crippen LogP contribution in [0.3, 0.4) is 0 Å². The summed E-state index contributed by atoms with van der Waals surface area (Å²) in [7, 11) is 0. The second kappa shape index (κ2) is 4.00. The van der Waals surface area contributed by atoms with Crippen molar-refractivity contribution in [3.05, 3.63) is 0 Å². The molecular weight excluding hydrogens is 198 g/mol. The zero-order valence-corrected chi connectivity index (χ0v) is 9.06. The molecule has 84 valence electrons. The molecule has 0 aromatic carbocycles. The third-order valence-corrected chi connectivity index (χ3v) is 1.92. The molecule has 0 radical (unpaired) electrons. The van der Waals surface area contributed by atoms with Gasteiger partial charge in [0, 0.05) is 6.21 Å². The molecule has 0 saturated heterocycles. The number of ether oxygens (including phenoxy) is 1. The van der Waals surface area contributed by atoms with E-state index in [4.69, 9.17) is 9.84 Å². The lowest BCUT2D eigenvalue weighted by atomic mass is 10.1. The number of nitrogens with zero attached hydrogens (tertiary/aromatic N) is 1. The van der Waals surface area contributed by atoms with Crippen LogP contribution in [0.2, 0.25) is 0 Å². The van der Waals surface area contributed by atoms with Crippen molar-refractivity contribution in [2.75, 3.05) is 0 Å². The minimum atomic E-state index is -0.954. The summed E-state index contributed by atoms with van der Waals surface area (Å²) in [6, 6.07) is -0.662. The second-order valence-electron chi connectivity index (χ2n) is 4.53. The van der Waals surface area contributed by atoms with E-state index in [2.05, 4.69) is 4.99 Å². The molecule has 0 fully saturated rings. The molecule has 0 aromatic rings. The average molecular weight is 213 g/mol. The molecule has 0 aromatic heterocycles. The van der Waals surface area contributed by atoms with Gasteiger partial charge in [-0.2, -0.15) is 0 Å². The van der Waals surface area contributed by atoms with Crippen LogP contribution in [0.4, 0.5) is 0 Å². The largest absolute Gasteiger partial charge is 0.481 e. The highest BCUT2D eigenvalue weighted by molar-refractivity contribution is 5.93. The number of carbonyl (C=O) groups excluding carboxylic acids is 1. The van der Waals surface area contributed by atoms with Gasteiger partial charge in [-0.3, -0.25) is 9.79 Å². The summed E-state index contributed by atoms with van der Waals surface area (Å²) in [6.45, 7) is 5.29. The molecule has 5 nitrogen and oxygen atoms in total. The van der Waals surface area contributed by atoms with Crippen molar-refractivity contribution in [2.45, 2.75) is 38.8 Å². The van der Waals surface area contributed by atoms with E-state index in [0.29, 0.717) is 0 Å². The third kappa shape index (κ3) is 3.34. The quantitative estimate of drug-likeness (QED) is 0.690. The Kier molecular flexibility index (Phi) is 3.12. The van der Waals surface area contributed by atoms with Crippen LogP contribution < -0.4 is 0 Å². The first-order valence-corrected chi connectivity index (χ1v) is 4.78. The van der Waals surface area contributed by atoms with E-state index in [-0.39, 0.29) is 6.42 Å². The fraction of sp³-hybridized carbons (Fsp3) is 0.700. The monoisotopic (exact) mass is 213 g/mol. The Labute approximate surface area is 88.1 Å². The van der Waals surface area contributed by atoms with Crippen LogP contribution in [0.15, 0.2) is 4.99 Å². The number of rotatable bonds is 2. The van der Waals surface area contributed by atoms with Crippen LogP contribution >= 0.6 is 0 Å². The molecule has 5 heteroatoms. The minimum absolute atomic E-state index is 0.199. The molecule has 1 heterocycles. The van der Waals surface area contributed by atoms with Gasteiger partial charge in [-0.05, 0) is 27.2 Å². The summed E-state index contributed by atoms with van der Waals surface area (Å²) < 4.78 is 5.10. The number of carboxylic acids is 1. The Morgan fingerprint density at radius 1 is 1.47 bits per heavy atom. The van der Waals surface area contributed by atoms with Crippen LogP contribution in [0, 0.1) is 5.92 Å². The van der Waals surface area contributed by atoms with E-state index in [1.165, 1.54) is 6.21 Å². The highest BCUT2D eigenvalue weighted by Gasteiger charge is 2.33. The minimum Gasteiger partial charge on any atom is -0.481 e. The topological polar surface area (TPSA) is 76.0 Å². The third-order valence-electron chi connectivity index (χ3n) is 1.92.